The Morgan fingerprint density at radius 2 is 1.59 bits per heavy atom. The second-order valence-corrected chi connectivity index (χ2v) is 7.67. The molecule has 0 fully saturated rings. The molecule has 1 N–H and O–H groups in total. The van der Waals surface area contributed by atoms with Gasteiger partial charge in [-0.2, -0.15) is 10.2 Å². The highest BCUT2D eigenvalue weighted by atomic mass is 16.5. The Bertz CT molecular complexity index is 1440. The average molecular weight is 447 g/mol. The summed E-state index contributed by atoms with van der Waals surface area (Å²) >= 11 is 0. The van der Waals surface area contributed by atoms with E-state index in [1.54, 1.807) is 10.9 Å². The number of carbonyl (C=O) groups excluding carboxylic acids is 1. The SMILES string of the molecule is O=C(COc1ccc2ccccc2c1)NN=Cc1cn(-c2ccccc2)nc1-c1ccccc1. The lowest BCUT2D eigenvalue weighted by Gasteiger charge is -2.06. The van der Waals surface area contributed by atoms with Crippen LogP contribution in [0, 0.1) is 0 Å². The minimum Gasteiger partial charge on any atom is -0.484 e. The first-order valence-corrected chi connectivity index (χ1v) is 10.9. The van der Waals surface area contributed by atoms with E-state index >= 15 is 0 Å². The van der Waals surface area contributed by atoms with E-state index in [2.05, 4.69) is 10.5 Å². The number of para-hydroxylation sites is 1. The topological polar surface area (TPSA) is 68.5 Å². The van der Waals surface area contributed by atoms with Crippen molar-refractivity contribution >= 4 is 22.9 Å². The number of fused-ring (bicyclic) bond motifs is 1. The van der Waals surface area contributed by atoms with Gasteiger partial charge >= 0.3 is 0 Å². The molecule has 0 bridgehead atoms. The number of amides is 1. The fourth-order valence-electron chi connectivity index (χ4n) is 3.63. The summed E-state index contributed by atoms with van der Waals surface area (Å²) < 4.78 is 7.43. The van der Waals surface area contributed by atoms with Crippen LogP contribution in [0.1, 0.15) is 5.56 Å². The van der Waals surface area contributed by atoms with Crippen LogP contribution < -0.4 is 10.2 Å². The molecule has 0 unspecified atom stereocenters. The van der Waals surface area contributed by atoms with Crippen molar-refractivity contribution in [2.24, 2.45) is 5.10 Å². The van der Waals surface area contributed by atoms with Gasteiger partial charge in [0.05, 0.1) is 11.9 Å². The van der Waals surface area contributed by atoms with Crippen molar-refractivity contribution in [1.82, 2.24) is 15.2 Å². The van der Waals surface area contributed by atoms with Gasteiger partial charge in [0.1, 0.15) is 11.4 Å². The standard InChI is InChI=1S/C28H22N4O2/c33-27(20-34-26-16-15-21-9-7-8-12-23(21)17-26)30-29-18-24-19-32(25-13-5-2-6-14-25)31-28(24)22-10-3-1-4-11-22/h1-19H,20H2,(H,30,33). The normalized spacial score (nSPS) is 11.1. The average Bonchev–Trinajstić information content (AvgIpc) is 3.32. The van der Waals surface area contributed by atoms with Crippen LogP contribution in [0.15, 0.2) is 114 Å². The van der Waals surface area contributed by atoms with Crippen LogP contribution in [0.3, 0.4) is 0 Å². The zero-order valence-electron chi connectivity index (χ0n) is 18.3. The molecule has 5 aromatic rings. The monoisotopic (exact) mass is 446 g/mol. The molecule has 0 aliphatic carbocycles. The molecule has 1 aromatic heterocycles. The number of carbonyl (C=O) groups is 1. The number of nitrogens with zero attached hydrogens (tertiary/aromatic N) is 3. The Balaban J connectivity index is 1.28. The molecule has 0 radical (unpaired) electrons. The minimum absolute atomic E-state index is 0.134. The maximum atomic E-state index is 12.3. The molecule has 34 heavy (non-hydrogen) atoms. The molecule has 0 saturated carbocycles. The molecule has 5 rings (SSSR count). The Morgan fingerprint density at radius 3 is 2.38 bits per heavy atom. The molecule has 0 atom stereocenters. The molecule has 1 heterocycles. The number of hydrogen-bond acceptors (Lipinski definition) is 4. The highest BCUT2D eigenvalue weighted by molar-refractivity contribution is 5.90. The number of rotatable bonds is 7. The van der Waals surface area contributed by atoms with Crippen molar-refractivity contribution in [2.75, 3.05) is 6.61 Å². The third-order valence-corrected chi connectivity index (χ3v) is 5.29. The zero-order chi connectivity index (χ0) is 23.2. The maximum absolute atomic E-state index is 12.3. The van der Waals surface area contributed by atoms with E-state index in [9.17, 15) is 4.79 Å². The molecule has 166 valence electrons. The molecule has 6 nitrogen and oxygen atoms in total. The van der Waals surface area contributed by atoms with Crippen LogP contribution in [0.2, 0.25) is 0 Å². The van der Waals surface area contributed by atoms with E-state index in [4.69, 9.17) is 9.84 Å². The van der Waals surface area contributed by atoms with E-state index < -0.39 is 0 Å². The minimum atomic E-state index is -0.346. The molecule has 1 amide bonds. The quantitative estimate of drug-likeness (QED) is 0.275. The summed E-state index contributed by atoms with van der Waals surface area (Å²) in [5.41, 5.74) is 5.99. The lowest BCUT2D eigenvalue weighted by Crippen LogP contribution is -2.24. The van der Waals surface area contributed by atoms with Crippen LogP contribution in [-0.2, 0) is 4.79 Å². The number of aromatic nitrogens is 2. The van der Waals surface area contributed by atoms with E-state index in [0.717, 1.165) is 33.3 Å². The predicted octanol–water partition coefficient (Wildman–Crippen LogP) is 5.22. The predicted molar refractivity (Wildman–Crippen MR) is 134 cm³/mol. The van der Waals surface area contributed by atoms with Crippen LogP contribution in [0.25, 0.3) is 27.7 Å². The van der Waals surface area contributed by atoms with Crippen molar-refractivity contribution in [2.45, 2.75) is 0 Å². The number of nitrogens with one attached hydrogen (secondary N) is 1. The van der Waals surface area contributed by atoms with E-state index in [0.29, 0.717) is 5.75 Å². The van der Waals surface area contributed by atoms with Crippen molar-refractivity contribution in [3.8, 4) is 22.7 Å². The summed E-state index contributed by atoms with van der Waals surface area (Å²) in [6.07, 6.45) is 3.49. The van der Waals surface area contributed by atoms with Crippen molar-refractivity contribution < 1.29 is 9.53 Å². The fraction of sp³-hybridized carbons (Fsp3) is 0.0357. The Hall–Kier alpha value is -4.71. The van der Waals surface area contributed by atoms with Gasteiger partial charge in [-0.25, -0.2) is 10.1 Å². The number of ether oxygens (including phenoxy) is 1. The van der Waals surface area contributed by atoms with Gasteiger partial charge in [-0.1, -0.05) is 78.9 Å². The van der Waals surface area contributed by atoms with Gasteiger partial charge in [0.25, 0.3) is 5.91 Å². The Morgan fingerprint density at radius 1 is 0.882 bits per heavy atom. The Kier molecular flexibility index (Phi) is 6.12. The van der Waals surface area contributed by atoms with Crippen LogP contribution in [-0.4, -0.2) is 28.5 Å². The van der Waals surface area contributed by atoms with Gasteiger partial charge in [0.15, 0.2) is 6.61 Å². The first-order valence-electron chi connectivity index (χ1n) is 10.9. The molecular weight excluding hydrogens is 424 g/mol. The van der Waals surface area contributed by atoms with Gasteiger partial charge in [-0.3, -0.25) is 4.79 Å². The highest BCUT2D eigenvalue weighted by Crippen LogP contribution is 2.23. The van der Waals surface area contributed by atoms with Gasteiger partial charge < -0.3 is 4.74 Å². The van der Waals surface area contributed by atoms with Crippen LogP contribution in [0.4, 0.5) is 0 Å². The third kappa shape index (κ3) is 4.86. The lowest BCUT2D eigenvalue weighted by molar-refractivity contribution is -0.123. The number of hydrazone groups is 1. The lowest BCUT2D eigenvalue weighted by atomic mass is 10.1. The molecule has 0 aliphatic heterocycles. The smallest absolute Gasteiger partial charge is 0.277 e. The first-order chi connectivity index (χ1) is 16.8. The Labute approximate surface area is 197 Å². The number of benzene rings is 4. The molecule has 0 saturated heterocycles. The van der Waals surface area contributed by atoms with Crippen molar-refractivity contribution in [3.05, 3.63) is 115 Å². The van der Waals surface area contributed by atoms with E-state index in [-0.39, 0.29) is 12.5 Å². The molecule has 0 aliphatic rings. The third-order valence-electron chi connectivity index (χ3n) is 5.29. The molecular formula is C28H22N4O2. The van der Waals surface area contributed by atoms with Gasteiger partial charge in [0.2, 0.25) is 0 Å². The second kappa shape index (κ2) is 9.83. The van der Waals surface area contributed by atoms with Gasteiger partial charge in [0, 0.05) is 17.3 Å². The second-order valence-electron chi connectivity index (χ2n) is 7.67. The molecule has 4 aromatic carbocycles. The summed E-state index contributed by atoms with van der Waals surface area (Å²) in [5, 5.41) is 11.1. The van der Waals surface area contributed by atoms with E-state index in [1.165, 1.54) is 0 Å². The van der Waals surface area contributed by atoms with E-state index in [1.807, 2.05) is 109 Å². The van der Waals surface area contributed by atoms with Crippen LogP contribution >= 0.6 is 0 Å². The van der Waals surface area contributed by atoms with Crippen molar-refractivity contribution in [3.63, 3.8) is 0 Å². The maximum Gasteiger partial charge on any atom is 0.277 e. The summed E-state index contributed by atoms with van der Waals surface area (Å²) in [5.74, 6) is 0.287. The number of hydrogen-bond donors (Lipinski definition) is 1. The highest BCUT2D eigenvalue weighted by Gasteiger charge is 2.11. The summed E-state index contributed by atoms with van der Waals surface area (Å²) in [6.45, 7) is -0.134. The van der Waals surface area contributed by atoms with Crippen LogP contribution in [0.5, 0.6) is 5.75 Å². The summed E-state index contributed by atoms with van der Waals surface area (Å²) in [4.78, 5) is 12.3. The summed E-state index contributed by atoms with van der Waals surface area (Å²) in [6, 6.07) is 33.4. The van der Waals surface area contributed by atoms with Gasteiger partial charge in [-0.05, 0) is 35.0 Å². The fourth-order valence-corrected chi connectivity index (χ4v) is 3.63. The van der Waals surface area contributed by atoms with Crippen molar-refractivity contribution in [1.29, 1.82) is 0 Å². The van der Waals surface area contributed by atoms with Gasteiger partial charge in [-0.15, -0.1) is 0 Å². The largest absolute Gasteiger partial charge is 0.484 e. The molecule has 6 heteroatoms. The zero-order valence-corrected chi connectivity index (χ0v) is 18.3. The first kappa shape index (κ1) is 21.2. The molecule has 0 spiro atoms. The summed E-state index contributed by atoms with van der Waals surface area (Å²) in [7, 11) is 0.